The van der Waals surface area contributed by atoms with E-state index in [0.717, 1.165) is 5.56 Å². The maximum Gasteiger partial charge on any atom is 0.222 e. The monoisotopic (exact) mass is 304 g/mol. The lowest BCUT2D eigenvalue weighted by Crippen LogP contribution is -2.28. The van der Waals surface area contributed by atoms with Gasteiger partial charge in [0.25, 0.3) is 0 Å². The van der Waals surface area contributed by atoms with Gasteiger partial charge in [-0.2, -0.15) is 0 Å². The second kappa shape index (κ2) is 7.54. The summed E-state index contributed by atoms with van der Waals surface area (Å²) in [6.45, 7) is 2.04. The highest BCUT2D eigenvalue weighted by atomic mass is 19.1. The molecule has 116 valence electrons. The Morgan fingerprint density at radius 1 is 1.05 bits per heavy atom. The van der Waals surface area contributed by atoms with Crippen molar-refractivity contribution in [3.63, 3.8) is 0 Å². The highest BCUT2D eigenvalue weighted by molar-refractivity contribution is 5.77. The molecular formula is C17H18F2N2O. The molecule has 0 aliphatic heterocycles. The van der Waals surface area contributed by atoms with Gasteiger partial charge in [-0.05, 0) is 24.6 Å². The number of carbonyl (C=O) groups is 1. The Kier molecular flexibility index (Phi) is 5.47. The third-order valence-electron chi connectivity index (χ3n) is 3.29. The predicted molar refractivity (Wildman–Crippen MR) is 82.5 cm³/mol. The van der Waals surface area contributed by atoms with E-state index in [-0.39, 0.29) is 30.6 Å². The van der Waals surface area contributed by atoms with Crippen molar-refractivity contribution in [2.24, 2.45) is 0 Å². The van der Waals surface area contributed by atoms with E-state index in [2.05, 4.69) is 10.6 Å². The second-order valence-electron chi connectivity index (χ2n) is 4.97. The smallest absolute Gasteiger partial charge is 0.222 e. The van der Waals surface area contributed by atoms with Crippen LogP contribution in [0.5, 0.6) is 0 Å². The normalized spacial score (nSPS) is 11.8. The van der Waals surface area contributed by atoms with Gasteiger partial charge < -0.3 is 10.6 Å². The van der Waals surface area contributed by atoms with Gasteiger partial charge in [-0.1, -0.05) is 36.4 Å². The number of halogens is 2. The molecule has 5 heteroatoms. The van der Waals surface area contributed by atoms with Crippen molar-refractivity contribution in [1.29, 1.82) is 0 Å². The minimum absolute atomic E-state index is 0.112. The number of hydrogen-bond donors (Lipinski definition) is 2. The van der Waals surface area contributed by atoms with E-state index in [1.807, 2.05) is 37.3 Å². The van der Waals surface area contributed by atoms with Gasteiger partial charge >= 0.3 is 0 Å². The standard InChI is InChI=1S/C17H18F2N2O/c1-12(13-6-3-2-4-7-13)21-16(22)10-11-20-17-14(18)8-5-9-15(17)19/h2-9,12,20H,10-11H2,1H3,(H,21,22). The topological polar surface area (TPSA) is 41.1 Å². The van der Waals surface area contributed by atoms with Crippen molar-refractivity contribution >= 4 is 11.6 Å². The molecule has 1 amide bonds. The SMILES string of the molecule is CC(NC(=O)CCNc1c(F)cccc1F)c1ccccc1. The fraction of sp³-hybridized carbons (Fsp3) is 0.235. The lowest BCUT2D eigenvalue weighted by atomic mass is 10.1. The largest absolute Gasteiger partial charge is 0.380 e. The van der Waals surface area contributed by atoms with Crippen LogP contribution in [0.3, 0.4) is 0 Å². The molecule has 2 rings (SSSR count). The van der Waals surface area contributed by atoms with Crippen LogP contribution in [-0.2, 0) is 4.79 Å². The van der Waals surface area contributed by atoms with E-state index in [4.69, 9.17) is 0 Å². The van der Waals surface area contributed by atoms with Crippen molar-refractivity contribution in [3.05, 3.63) is 65.7 Å². The number of nitrogens with one attached hydrogen (secondary N) is 2. The molecule has 0 fully saturated rings. The van der Waals surface area contributed by atoms with E-state index >= 15 is 0 Å². The molecule has 2 aromatic carbocycles. The van der Waals surface area contributed by atoms with Gasteiger partial charge in [-0.25, -0.2) is 8.78 Å². The number of benzene rings is 2. The molecule has 1 unspecified atom stereocenters. The van der Waals surface area contributed by atoms with Gasteiger partial charge in [-0.15, -0.1) is 0 Å². The number of rotatable bonds is 6. The average molecular weight is 304 g/mol. The summed E-state index contributed by atoms with van der Waals surface area (Å²) in [7, 11) is 0. The zero-order valence-electron chi connectivity index (χ0n) is 12.3. The van der Waals surface area contributed by atoms with Crippen molar-refractivity contribution in [2.75, 3.05) is 11.9 Å². The minimum Gasteiger partial charge on any atom is -0.380 e. The summed E-state index contributed by atoms with van der Waals surface area (Å²) in [6, 6.07) is 13.1. The van der Waals surface area contributed by atoms with Gasteiger partial charge in [0, 0.05) is 13.0 Å². The van der Waals surface area contributed by atoms with E-state index in [1.54, 1.807) is 0 Å². The van der Waals surface area contributed by atoms with Gasteiger partial charge in [0.1, 0.15) is 17.3 Å². The number of anilines is 1. The second-order valence-corrected chi connectivity index (χ2v) is 4.97. The van der Waals surface area contributed by atoms with Crippen LogP contribution in [-0.4, -0.2) is 12.5 Å². The lowest BCUT2D eigenvalue weighted by Gasteiger charge is -2.14. The van der Waals surface area contributed by atoms with Crippen LogP contribution in [0.1, 0.15) is 24.9 Å². The number of para-hydroxylation sites is 1. The Morgan fingerprint density at radius 3 is 2.32 bits per heavy atom. The van der Waals surface area contributed by atoms with Crippen LogP contribution in [0.25, 0.3) is 0 Å². The first-order valence-corrected chi connectivity index (χ1v) is 7.10. The van der Waals surface area contributed by atoms with Crippen LogP contribution in [0.4, 0.5) is 14.5 Å². The van der Waals surface area contributed by atoms with E-state index < -0.39 is 11.6 Å². The van der Waals surface area contributed by atoms with Gasteiger partial charge in [0.05, 0.1) is 6.04 Å². The first kappa shape index (κ1) is 15.9. The fourth-order valence-electron chi connectivity index (χ4n) is 2.11. The fourth-order valence-corrected chi connectivity index (χ4v) is 2.11. The van der Waals surface area contributed by atoms with E-state index in [9.17, 15) is 13.6 Å². The highest BCUT2D eigenvalue weighted by Gasteiger charge is 2.11. The summed E-state index contributed by atoms with van der Waals surface area (Å²) in [4.78, 5) is 11.8. The molecule has 0 saturated carbocycles. The molecule has 2 aromatic rings. The van der Waals surface area contributed by atoms with Gasteiger partial charge in [-0.3, -0.25) is 4.79 Å². The number of hydrogen-bond acceptors (Lipinski definition) is 2. The van der Waals surface area contributed by atoms with Gasteiger partial charge in [0.2, 0.25) is 5.91 Å². The van der Waals surface area contributed by atoms with Crippen LogP contribution >= 0.6 is 0 Å². The predicted octanol–water partition coefficient (Wildman–Crippen LogP) is 3.64. The molecule has 0 aromatic heterocycles. The minimum atomic E-state index is -0.668. The van der Waals surface area contributed by atoms with Crippen molar-refractivity contribution < 1.29 is 13.6 Å². The molecule has 0 saturated heterocycles. The summed E-state index contributed by atoms with van der Waals surface area (Å²) in [5.41, 5.74) is 0.801. The van der Waals surface area contributed by atoms with Crippen LogP contribution in [0.15, 0.2) is 48.5 Å². The molecule has 0 radical (unpaired) electrons. The van der Waals surface area contributed by atoms with Crippen LogP contribution in [0, 0.1) is 11.6 Å². The maximum absolute atomic E-state index is 13.4. The van der Waals surface area contributed by atoms with Crippen LogP contribution < -0.4 is 10.6 Å². The number of amides is 1. The zero-order chi connectivity index (χ0) is 15.9. The van der Waals surface area contributed by atoms with Crippen molar-refractivity contribution in [3.8, 4) is 0 Å². The maximum atomic E-state index is 13.4. The third kappa shape index (κ3) is 4.28. The summed E-state index contributed by atoms with van der Waals surface area (Å²) in [6.07, 6.45) is 0.130. The third-order valence-corrected chi connectivity index (χ3v) is 3.29. The van der Waals surface area contributed by atoms with Crippen molar-refractivity contribution in [1.82, 2.24) is 5.32 Å². The van der Waals surface area contributed by atoms with E-state index in [0.29, 0.717) is 0 Å². The Bertz CT molecular complexity index is 612. The molecule has 0 bridgehead atoms. The summed E-state index contributed by atoms with van der Waals surface area (Å²) >= 11 is 0. The van der Waals surface area contributed by atoms with Gasteiger partial charge in [0.15, 0.2) is 0 Å². The average Bonchev–Trinajstić information content (AvgIpc) is 2.51. The number of carbonyl (C=O) groups excluding carboxylic acids is 1. The van der Waals surface area contributed by atoms with E-state index in [1.165, 1.54) is 18.2 Å². The first-order valence-electron chi connectivity index (χ1n) is 7.10. The molecule has 2 N–H and O–H groups in total. The highest BCUT2D eigenvalue weighted by Crippen LogP contribution is 2.17. The zero-order valence-corrected chi connectivity index (χ0v) is 12.3. The Labute approximate surface area is 128 Å². The molecule has 22 heavy (non-hydrogen) atoms. The molecule has 0 spiro atoms. The summed E-state index contributed by atoms with van der Waals surface area (Å²) in [5, 5.41) is 5.46. The first-order chi connectivity index (χ1) is 10.6. The molecule has 0 heterocycles. The Balaban J connectivity index is 1.81. The summed E-state index contributed by atoms with van der Waals surface area (Å²) in [5.74, 6) is -1.52. The molecular weight excluding hydrogens is 286 g/mol. The Hall–Kier alpha value is -2.43. The molecule has 0 aliphatic rings. The summed E-state index contributed by atoms with van der Waals surface area (Å²) < 4.78 is 26.8. The molecule has 1 atom stereocenters. The Morgan fingerprint density at radius 2 is 1.68 bits per heavy atom. The molecule has 3 nitrogen and oxygen atoms in total. The van der Waals surface area contributed by atoms with Crippen molar-refractivity contribution in [2.45, 2.75) is 19.4 Å². The quantitative estimate of drug-likeness (QED) is 0.855. The molecule has 0 aliphatic carbocycles. The lowest BCUT2D eigenvalue weighted by molar-refractivity contribution is -0.121. The van der Waals surface area contributed by atoms with Crippen LogP contribution in [0.2, 0.25) is 0 Å².